The number of hydrogen-bond acceptors (Lipinski definition) is 3. The molecule has 2 unspecified atom stereocenters. The normalized spacial score (nSPS) is 24.4. The van der Waals surface area contributed by atoms with Crippen molar-refractivity contribution in [2.75, 3.05) is 0 Å². The minimum absolute atomic E-state index is 0.00581. The maximum absolute atomic E-state index is 11.9. The van der Waals surface area contributed by atoms with E-state index in [1.807, 2.05) is 20.8 Å². The van der Waals surface area contributed by atoms with Crippen molar-refractivity contribution < 1.29 is 19.7 Å². The van der Waals surface area contributed by atoms with Crippen molar-refractivity contribution in [3.63, 3.8) is 0 Å². The van der Waals surface area contributed by atoms with Crippen molar-refractivity contribution in [3.8, 4) is 11.5 Å². The Kier molecular flexibility index (Phi) is 4.10. The number of allylic oxidation sites excluding steroid dienone is 2. The Hall–Kier alpha value is -1.97. The molecule has 4 nitrogen and oxygen atoms in total. The van der Waals surface area contributed by atoms with Crippen LogP contribution in [-0.4, -0.2) is 21.8 Å². The summed E-state index contributed by atoms with van der Waals surface area (Å²) in [6.07, 6.45) is 5.60. The molecule has 0 spiro atoms. The number of aromatic hydroxyl groups is 1. The standard InChI is InChI=1S/C20H26O4/c1-5-6-12-10-15(21)17-13-9-11(2)7-8-14(13)20(3,4)24-18(17)16(12)19(22)23/h9-10,13-14,21H,5-8H2,1-4H3,(H,22,23). The van der Waals surface area contributed by atoms with Gasteiger partial charge >= 0.3 is 5.97 Å². The van der Waals surface area contributed by atoms with Crippen LogP contribution in [0.1, 0.15) is 74.4 Å². The molecule has 1 aliphatic heterocycles. The summed E-state index contributed by atoms with van der Waals surface area (Å²) < 4.78 is 6.21. The molecule has 1 aromatic carbocycles. The summed E-state index contributed by atoms with van der Waals surface area (Å²) in [6.45, 7) is 8.14. The molecule has 0 fully saturated rings. The second kappa shape index (κ2) is 5.83. The van der Waals surface area contributed by atoms with Crippen molar-refractivity contribution in [3.05, 3.63) is 34.4 Å². The van der Waals surface area contributed by atoms with Gasteiger partial charge in [-0.15, -0.1) is 0 Å². The van der Waals surface area contributed by atoms with Crippen LogP contribution in [0, 0.1) is 5.92 Å². The van der Waals surface area contributed by atoms with E-state index in [9.17, 15) is 15.0 Å². The number of carboxylic acids is 1. The molecular weight excluding hydrogens is 304 g/mol. The van der Waals surface area contributed by atoms with Crippen LogP contribution in [0.4, 0.5) is 0 Å². The summed E-state index contributed by atoms with van der Waals surface area (Å²) in [5.74, 6) is -0.219. The predicted octanol–water partition coefficient (Wildman–Crippen LogP) is 4.65. The Morgan fingerprint density at radius 2 is 2.12 bits per heavy atom. The molecule has 1 aromatic rings. The van der Waals surface area contributed by atoms with Gasteiger partial charge in [0, 0.05) is 17.4 Å². The van der Waals surface area contributed by atoms with Crippen LogP contribution in [0.5, 0.6) is 11.5 Å². The highest BCUT2D eigenvalue weighted by Crippen LogP contribution is 2.54. The number of carbonyl (C=O) groups is 1. The third kappa shape index (κ3) is 2.58. The first kappa shape index (κ1) is 16.9. The Morgan fingerprint density at radius 3 is 2.75 bits per heavy atom. The third-order valence-corrected chi connectivity index (χ3v) is 5.45. The van der Waals surface area contributed by atoms with Crippen LogP contribution in [0.3, 0.4) is 0 Å². The molecular formula is C20H26O4. The van der Waals surface area contributed by atoms with E-state index in [1.165, 1.54) is 5.57 Å². The highest BCUT2D eigenvalue weighted by Gasteiger charge is 2.46. The number of ether oxygens (including phenoxy) is 1. The van der Waals surface area contributed by atoms with Crippen LogP contribution >= 0.6 is 0 Å². The van der Waals surface area contributed by atoms with Crippen LogP contribution < -0.4 is 4.74 Å². The van der Waals surface area contributed by atoms with Gasteiger partial charge in [-0.2, -0.15) is 0 Å². The fourth-order valence-corrected chi connectivity index (χ4v) is 4.31. The number of hydrogen-bond donors (Lipinski definition) is 2. The molecule has 4 heteroatoms. The average molecular weight is 330 g/mol. The Morgan fingerprint density at radius 1 is 1.42 bits per heavy atom. The summed E-state index contributed by atoms with van der Waals surface area (Å²) >= 11 is 0. The van der Waals surface area contributed by atoms with Crippen molar-refractivity contribution >= 4 is 5.97 Å². The number of phenolic OH excluding ortho intramolecular Hbond substituents is 1. The molecule has 0 aromatic heterocycles. The summed E-state index contributed by atoms with van der Waals surface area (Å²) in [4.78, 5) is 11.9. The number of rotatable bonds is 3. The van der Waals surface area contributed by atoms with Crippen LogP contribution in [-0.2, 0) is 6.42 Å². The SMILES string of the molecule is CCCc1cc(O)c2c(c1C(=O)O)OC(C)(C)C1CCC(C)=CC21. The zero-order chi connectivity index (χ0) is 17.6. The van der Waals surface area contributed by atoms with E-state index in [1.54, 1.807) is 6.07 Å². The van der Waals surface area contributed by atoms with Gasteiger partial charge < -0.3 is 14.9 Å². The van der Waals surface area contributed by atoms with Gasteiger partial charge in [0.2, 0.25) is 0 Å². The Labute approximate surface area is 143 Å². The zero-order valence-electron chi connectivity index (χ0n) is 14.8. The second-order valence-electron chi connectivity index (χ2n) is 7.62. The van der Waals surface area contributed by atoms with E-state index in [0.29, 0.717) is 23.3 Å². The maximum Gasteiger partial charge on any atom is 0.339 e. The number of aryl methyl sites for hydroxylation is 1. The fourth-order valence-electron chi connectivity index (χ4n) is 4.31. The predicted molar refractivity (Wildman–Crippen MR) is 93.0 cm³/mol. The summed E-state index contributed by atoms with van der Waals surface area (Å²) in [7, 11) is 0. The molecule has 3 rings (SSSR count). The quantitative estimate of drug-likeness (QED) is 0.791. The first-order valence-corrected chi connectivity index (χ1v) is 8.74. The lowest BCUT2D eigenvalue weighted by Crippen LogP contribution is -2.45. The van der Waals surface area contributed by atoms with Gasteiger partial charge in [-0.05, 0) is 51.7 Å². The molecule has 1 heterocycles. The minimum Gasteiger partial charge on any atom is -0.507 e. The van der Waals surface area contributed by atoms with Gasteiger partial charge in [0.15, 0.2) is 0 Å². The van der Waals surface area contributed by atoms with Gasteiger partial charge in [0.25, 0.3) is 0 Å². The molecule has 2 N–H and O–H groups in total. The topological polar surface area (TPSA) is 66.8 Å². The first-order valence-electron chi connectivity index (χ1n) is 8.74. The Bertz CT molecular complexity index is 715. The lowest BCUT2D eigenvalue weighted by Gasteiger charge is -2.47. The van der Waals surface area contributed by atoms with Crippen molar-refractivity contribution in [2.24, 2.45) is 5.92 Å². The first-order chi connectivity index (χ1) is 11.3. The van der Waals surface area contributed by atoms with Crippen LogP contribution in [0.25, 0.3) is 0 Å². The van der Waals surface area contributed by atoms with E-state index in [4.69, 9.17) is 4.74 Å². The van der Waals surface area contributed by atoms with Gasteiger partial charge in [-0.25, -0.2) is 4.79 Å². The van der Waals surface area contributed by atoms with E-state index in [0.717, 1.165) is 19.3 Å². The summed E-state index contributed by atoms with van der Waals surface area (Å²) in [5.41, 5.74) is 2.33. The van der Waals surface area contributed by atoms with Crippen LogP contribution in [0.15, 0.2) is 17.7 Å². The highest BCUT2D eigenvalue weighted by molar-refractivity contribution is 5.94. The van der Waals surface area contributed by atoms with Crippen molar-refractivity contribution in [1.29, 1.82) is 0 Å². The highest BCUT2D eigenvalue weighted by atomic mass is 16.5. The van der Waals surface area contributed by atoms with Gasteiger partial charge in [-0.3, -0.25) is 0 Å². The molecule has 0 amide bonds. The number of aromatic carboxylic acids is 1. The molecule has 2 atom stereocenters. The molecule has 24 heavy (non-hydrogen) atoms. The van der Waals surface area contributed by atoms with Gasteiger partial charge in [0.05, 0.1) is 0 Å². The molecule has 130 valence electrons. The molecule has 1 aliphatic carbocycles. The molecule has 0 bridgehead atoms. The monoisotopic (exact) mass is 330 g/mol. The fraction of sp³-hybridized carbons (Fsp3) is 0.550. The van der Waals surface area contributed by atoms with Gasteiger partial charge in [0.1, 0.15) is 22.7 Å². The van der Waals surface area contributed by atoms with E-state index >= 15 is 0 Å². The summed E-state index contributed by atoms with van der Waals surface area (Å²) in [5, 5.41) is 20.4. The number of benzene rings is 1. The van der Waals surface area contributed by atoms with E-state index < -0.39 is 11.6 Å². The zero-order valence-corrected chi connectivity index (χ0v) is 14.8. The molecule has 0 radical (unpaired) electrons. The van der Waals surface area contributed by atoms with Crippen molar-refractivity contribution in [2.45, 2.75) is 64.9 Å². The van der Waals surface area contributed by atoms with Crippen molar-refractivity contribution in [1.82, 2.24) is 0 Å². The molecule has 0 saturated heterocycles. The average Bonchev–Trinajstić information content (AvgIpc) is 2.45. The van der Waals surface area contributed by atoms with Crippen LogP contribution in [0.2, 0.25) is 0 Å². The maximum atomic E-state index is 11.9. The minimum atomic E-state index is -0.986. The number of phenols is 1. The number of carboxylic acid groups (broad SMARTS) is 1. The smallest absolute Gasteiger partial charge is 0.339 e. The lowest BCUT2D eigenvalue weighted by atomic mass is 9.67. The molecule has 2 aliphatic rings. The van der Waals surface area contributed by atoms with Gasteiger partial charge in [-0.1, -0.05) is 25.0 Å². The summed E-state index contributed by atoms with van der Waals surface area (Å²) in [6, 6.07) is 1.63. The van der Waals surface area contributed by atoms with E-state index in [-0.39, 0.29) is 23.1 Å². The second-order valence-corrected chi connectivity index (χ2v) is 7.62. The largest absolute Gasteiger partial charge is 0.507 e. The number of fused-ring (bicyclic) bond motifs is 3. The lowest BCUT2D eigenvalue weighted by molar-refractivity contribution is 0.00918. The molecule has 0 saturated carbocycles. The third-order valence-electron chi connectivity index (χ3n) is 5.45. The Balaban J connectivity index is 2.29. The van der Waals surface area contributed by atoms with E-state index in [2.05, 4.69) is 13.0 Å².